The second-order valence-corrected chi connectivity index (χ2v) is 9.93. The maximum Gasteiger partial charge on any atom is 0.243 e. The zero-order chi connectivity index (χ0) is 19.2. The van der Waals surface area contributed by atoms with Gasteiger partial charge in [-0.25, -0.2) is 5.48 Å². The molecule has 3 amide bonds. The lowest BCUT2D eigenvalue weighted by Gasteiger charge is -2.25. The van der Waals surface area contributed by atoms with Crippen molar-refractivity contribution in [3.05, 3.63) is 0 Å². The van der Waals surface area contributed by atoms with Crippen molar-refractivity contribution in [2.75, 3.05) is 24.6 Å². The van der Waals surface area contributed by atoms with E-state index in [1.54, 1.807) is 17.3 Å². The molecule has 0 bridgehead atoms. The van der Waals surface area contributed by atoms with Crippen LogP contribution in [0.25, 0.3) is 0 Å². The summed E-state index contributed by atoms with van der Waals surface area (Å²) in [5, 5.41) is 11.3. The van der Waals surface area contributed by atoms with Crippen LogP contribution in [0.4, 0.5) is 0 Å². The van der Waals surface area contributed by atoms with E-state index < -0.39 is 18.0 Å². The maximum absolute atomic E-state index is 12.6. The normalized spacial score (nSPS) is 21.6. The van der Waals surface area contributed by atoms with Crippen molar-refractivity contribution in [3.8, 4) is 0 Å². The van der Waals surface area contributed by atoms with Crippen molar-refractivity contribution in [2.45, 2.75) is 55.2 Å². The highest BCUT2D eigenvalue weighted by Gasteiger charge is 2.51. The summed E-state index contributed by atoms with van der Waals surface area (Å²) in [6, 6.07) is -1.08. The molecule has 2 atom stereocenters. The van der Waals surface area contributed by atoms with Crippen LogP contribution in [0.2, 0.25) is 0 Å². The lowest BCUT2D eigenvalue weighted by molar-refractivity contribution is -0.139. The summed E-state index contributed by atoms with van der Waals surface area (Å²) in [7, 11) is 0. The van der Waals surface area contributed by atoms with Gasteiger partial charge in [0.1, 0.15) is 6.04 Å². The SMILES string of the molecule is C[C@H](N)C(=O)N1CC2(C[C@H]1C(=O)NCCCCCC(=O)NO)SCCS2.Cl. The van der Waals surface area contributed by atoms with Crippen LogP contribution in [0.1, 0.15) is 39.0 Å². The van der Waals surface area contributed by atoms with Crippen LogP contribution < -0.4 is 16.5 Å². The smallest absolute Gasteiger partial charge is 0.243 e. The quantitative estimate of drug-likeness (QED) is 0.249. The molecule has 27 heavy (non-hydrogen) atoms. The summed E-state index contributed by atoms with van der Waals surface area (Å²) >= 11 is 3.67. The fourth-order valence-electron chi connectivity index (χ4n) is 3.25. The average Bonchev–Trinajstić information content (AvgIpc) is 3.24. The Kier molecular flexibility index (Phi) is 10.2. The Morgan fingerprint density at radius 3 is 2.52 bits per heavy atom. The van der Waals surface area contributed by atoms with Crippen LogP contribution >= 0.6 is 35.9 Å². The van der Waals surface area contributed by atoms with E-state index in [1.807, 2.05) is 23.5 Å². The van der Waals surface area contributed by atoms with Gasteiger partial charge in [0.2, 0.25) is 17.7 Å². The molecule has 0 unspecified atom stereocenters. The summed E-state index contributed by atoms with van der Waals surface area (Å²) in [6.45, 7) is 2.72. The number of nitrogens with zero attached hydrogens (tertiary/aromatic N) is 1. The molecular formula is C16H29ClN4O4S2. The van der Waals surface area contributed by atoms with Crippen LogP contribution in [0.5, 0.6) is 0 Å². The van der Waals surface area contributed by atoms with Crippen LogP contribution in [0.3, 0.4) is 0 Å². The van der Waals surface area contributed by atoms with E-state index in [2.05, 4.69) is 5.32 Å². The summed E-state index contributed by atoms with van der Waals surface area (Å²) in [6.07, 6.45) is 3.09. The van der Waals surface area contributed by atoms with Gasteiger partial charge in [-0.05, 0) is 19.8 Å². The molecule has 156 valence electrons. The molecule has 0 aliphatic carbocycles. The number of nitrogens with one attached hydrogen (secondary N) is 2. The summed E-state index contributed by atoms with van der Waals surface area (Å²) in [4.78, 5) is 37.7. The number of rotatable bonds is 8. The number of hydrogen-bond acceptors (Lipinski definition) is 7. The number of hydrogen-bond donors (Lipinski definition) is 4. The lowest BCUT2D eigenvalue weighted by Crippen LogP contribution is -2.50. The van der Waals surface area contributed by atoms with Crippen molar-refractivity contribution < 1.29 is 19.6 Å². The fourth-order valence-corrected chi connectivity index (χ4v) is 6.50. The highest BCUT2D eigenvalue weighted by atomic mass is 35.5. The Morgan fingerprint density at radius 2 is 1.93 bits per heavy atom. The third kappa shape index (κ3) is 6.70. The Balaban J connectivity index is 0.00000364. The van der Waals surface area contributed by atoms with E-state index in [0.29, 0.717) is 25.9 Å². The van der Waals surface area contributed by atoms with Gasteiger partial charge in [0.05, 0.1) is 10.1 Å². The minimum Gasteiger partial charge on any atom is -0.354 e. The zero-order valence-electron chi connectivity index (χ0n) is 15.4. The molecule has 5 N–H and O–H groups in total. The third-order valence-corrected chi connectivity index (χ3v) is 8.01. The monoisotopic (exact) mass is 440 g/mol. The van der Waals surface area contributed by atoms with Gasteiger partial charge in [0, 0.05) is 37.4 Å². The highest BCUT2D eigenvalue weighted by molar-refractivity contribution is 8.21. The van der Waals surface area contributed by atoms with Crippen molar-refractivity contribution in [1.82, 2.24) is 15.7 Å². The van der Waals surface area contributed by atoms with Crippen molar-refractivity contribution in [2.24, 2.45) is 5.73 Å². The fraction of sp³-hybridized carbons (Fsp3) is 0.812. The third-order valence-electron chi connectivity index (χ3n) is 4.59. The minimum absolute atomic E-state index is 0. The second-order valence-electron chi connectivity index (χ2n) is 6.72. The molecule has 0 aromatic carbocycles. The molecule has 2 heterocycles. The number of hydroxylamine groups is 1. The molecule has 2 saturated heterocycles. The average molecular weight is 441 g/mol. The Morgan fingerprint density at radius 1 is 1.26 bits per heavy atom. The number of nitrogens with two attached hydrogens (primary N) is 1. The maximum atomic E-state index is 12.6. The largest absolute Gasteiger partial charge is 0.354 e. The summed E-state index contributed by atoms with van der Waals surface area (Å²) in [5.41, 5.74) is 7.37. The molecule has 11 heteroatoms. The first-order chi connectivity index (χ1) is 12.4. The standard InChI is InChI=1S/C16H28N4O4S2.ClH/c1-11(17)15(23)20-10-16(25-7-8-26-16)9-12(20)14(22)18-6-4-2-3-5-13(21)19-24;/h11-12,24H,2-10,17H2,1H3,(H,18,22)(H,19,21);1H/t11-,12-;/m0./s1. The molecule has 0 aromatic rings. The van der Waals surface area contributed by atoms with Crippen molar-refractivity contribution >= 4 is 53.7 Å². The molecule has 2 aliphatic rings. The van der Waals surface area contributed by atoms with Crippen LogP contribution in [0, 0.1) is 0 Å². The molecule has 0 radical (unpaired) electrons. The molecule has 0 aromatic heterocycles. The van der Waals surface area contributed by atoms with E-state index in [0.717, 1.165) is 24.3 Å². The molecule has 2 fully saturated rings. The van der Waals surface area contributed by atoms with E-state index in [4.69, 9.17) is 10.9 Å². The molecule has 8 nitrogen and oxygen atoms in total. The number of likely N-dealkylation sites (tertiary alicyclic amines) is 1. The van der Waals surface area contributed by atoms with E-state index in [1.165, 1.54) is 0 Å². The Bertz CT molecular complexity index is 533. The van der Waals surface area contributed by atoms with Gasteiger partial charge in [-0.15, -0.1) is 35.9 Å². The Hall–Kier alpha value is -0.680. The summed E-state index contributed by atoms with van der Waals surface area (Å²) < 4.78 is -0.0792. The van der Waals surface area contributed by atoms with Gasteiger partial charge in [0.25, 0.3) is 0 Å². The van der Waals surface area contributed by atoms with E-state index >= 15 is 0 Å². The number of unbranched alkanes of at least 4 members (excludes halogenated alkanes) is 2. The Labute approximate surface area is 174 Å². The van der Waals surface area contributed by atoms with E-state index in [-0.39, 0.29) is 34.7 Å². The predicted molar refractivity (Wildman–Crippen MR) is 110 cm³/mol. The number of halogens is 1. The van der Waals surface area contributed by atoms with Crippen LogP contribution in [-0.4, -0.2) is 68.6 Å². The predicted octanol–water partition coefficient (Wildman–Crippen LogP) is 0.715. The first kappa shape index (κ1) is 24.4. The van der Waals surface area contributed by atoms with Crippen molar-refractivity contribution in [3.63, 3.8) is 0 Å². The number of amides is 3. The molecule has 2 aliphatic heterocycles. The van der Waals surface area contributed by atoms with Gasteiger partial charge in [0.15, 0.2) is 0 Å². The minimum atomic E-state index is -0.616. The van der Waals surface area contributed by atoms with Crippen molar-refractivity contribution in [1.29, 1.82) is 0 Å². The summed E-state index contributed by atoms with van der Waals surface area (Å²) in [5.74, 6) is 1.38. The lowest BCUT2D eigenvalue weighted by atomic mass is 10.1. The first-order valence-corrected chi connectivity index (χ1v) is 10.9. The zero-order valence-corrected chi connectivity index (χ0v) is 17.9. The second kappa shape index (κ2) is 11.4. The van der Waals surface area contributed by atoms with Gasteiger partial charge >= 0.3 is 0 Å². The molecule has 2 rings (SSSR count). The first-order valence-electron chi connectivity index (χ1n) is 8.93. The molecular weight excluding hydrogens is 412 g/mol. The number of thioether (sulfide) groups is 2. The van der Waals surface area contributed by atoms with Gasteiger partial charge < -0.3 is 16.0 Å². The number of carbonyl (C=O) groups excluding carboxylic acids is 3. The molecule has 0 saturated carbocycles. The van der Waals surface area contributed by atoms with Crippen LogP contribution in [0.15, 0.2) is 0 Å². The highest BCUT2D eigenvalue weighted by Crippen LogP contribution is 2.51. The number of carbonyl (C=O) groups is 3. The van der Waals surface area contributed by atoms with Gasteiger partial charge in [-0.2, -0.15) is 0 Å². The van der Waals surface area contributed by atoms with Gasteiger partial charge in [-0.1, -0.05) is 6.42 Å². The van der Waals surface area contributed by atoms with Crippen LogP contribution in [-0.2, 0) is 14.4 Å². The topological polar surface area (TPSA) is 125 Å². The molecule has 1 spiro atoms. The van der Waals surface area contributed by atoms with E-state index in [9.17, 15) is 14.4 Å². The van der Waals surface area contributed by atoms with Gasteiger partial charge in [-0.3, -0.25) is 19.6 Å².